The number of nitrogens with one attached hydrogen (secondary N) is 4. The number of benzene rings is 3. The lowest BCUT2D eigenvalue weighted by Gasteiger charge is -2.12. The first-order valence-corrected chi connectivity index (χ1v) is 16.4. The van der Waals surface area contributed by atoms with Gasteiger partial charge in [0.1, 0.15) is 5.75 Å². The summed E-state index contributed by atoms with van der Waals surface area (Å²) in [5.74, 6) is 1.08. The van der Waals surface area contributed by atoms with Gasteiger partial charge in [-0.2, -0.15) is 15.0 Å². The topological polar surface area (TPSA) is 160 Å². The molecule has 0 aliphatic carbocycles. The molecule has 254 valence electrons. The predicted molar refractivity (Wildman–Crippen MR) is 188 cm³/mol. The number of aromatic hydroxyl groups is 1. The summed E-state index contributed by atoms with van der Waals surface area (Å²) in [5.41, 5.74) is 2.69. The number of unbranched alkanes of at least 4 members (excludes halogenated alkanes) is 3. The summed E-state index contributed by atoms with van der Waals surface area (Å²) in [6.45, 7) is 5.00. The number of ketones is 1. The average Bonchev–Trinajstić information content (AvgIpc) is 3.10. The van der Waals surface area contributed by atoms with Crippen molar-refractivity contribution in [3.05, 3.63) is 90.0 Å². The van der Waals surface area contributed by atoms with Crippen molar-refractivity contribution in [2.24, 2.45) is 0 Å². The number of ether oxygens (including phenoxy) is 2. The van der Waals surface area contributed by atoms with Gasteiger partial charge in [-0.05, 0) is 61.4 Å². The molecule has 0 aliphatic rings. The van der Waals surface area contributed by atoms with Gasteiger partial charge in [-0.3, -0.25) is 9.59 Å². The molecule has 12 heteroatoms. The fourth-order valence-corrected chi connectivity index (χ4v) is 4.59. The molecular weight excluding hydrogens is 610 g/mol. The molecule has 12 nitrogen and oxygen atoms in total. The maximum Gasteiger partial charge on any atom is 0.251 e. The molecule has 0 saturated carbocycles. The van der Waals surface area contributed by atoms with Crippen molar-refractivity contribution in [2.45, 2.75) is 45.4 Å². The molecule has 0 aliphatic heterocycles. The van der Waals surface area contributed by atoms with E-state index < -0.39 is 0 Å². The van der Waals surface area contributed by atoms with Gasteiger partial charge in [0.25, 0.3) is 5.91 Å². The average molecular weight is 656 g/mol. The lowest BCUT2D eigenvalue weighted by Crippen LogP contribution is -2.24. The van der Waals surface area contributed by atoms with Gasteiger partial charge in [0.05, 0.1) is 19.8 Å². The quantitative estimate of drug-likeness (QED) is 0.0358. The van der Waals surface area contributed by atoms with E-state index in [1.807, 2.05) is 30.3 Å². The summed E-state index contributed by atoms with van der Waals surface area (Å²) in [6, 6.07) is 22.9. The van der Waals surface area contributed by atoms with Gasteiger partial charge in [-0.1, -0.05) is 56.5 Å². The SMILES string of the molecule is CCCCCCNC(=O)c1ccc(Nc2nc(NCCOCCOCCCC(=O)c3ccccc3)nc(Nc3ccc(O)cc3)n2)cc1. The van der Waals surface area contributed by atoms with Crippen molar-refractivity contribution in [3.8, 4) is 5.75 Å². The minimum Gasteiger partial charge on any atom is -0.508 e. The molecule has 4 rings (SSSR count). The van der Waals surface area contributed by atoms with E-state index in [2.05, 4.69) is 43.1 Å². The highest BCUT2D eigenvalue weighted by Gasteiger charge is 2.10. The van der Waals surface area contributed by atoms with Gasteiger partial charge in [0, 0.05) is 48.6 Å². The van der Waals surface area contributed by atoms with Gasteiger partial charge in [-0.15, -0.1) is 0 Å². The molecule has 0 atom stereocenters. The van der Waals surface area contributed by atoms with Crippen LogP contribution in [0.5, 0.6) is 5.75 Å². The zero-order valence-electron chi connectivity index (χ0n) is 27.4. The van der Waals surface area contributed by atoms with Crippen molar-refractivity contribution in [1.29, 1.82) is 0 Å². The highest BCUT2D eigenvalue weighted by atomic mass is 16.5. The number of carbonyl (C=O) groups is 2. The maximum atomic E-state index is 12.5. The Bertz CT molecular complexity index is 1540. The van der Waals surface area contributed by atoms with Crippen LogP contribution in [0.1, 0.15) is 66.2 Å². The zero-order valence-corrected chi connectivity index (χ0v) is 27.4. The standard InChI is InChI=1S/C36H45N7O5/c1-2-3-4-8-21-37-33(46)28-13-15-29(16-14-28)39-35-41-34(42-36(43-35)40-30-17-19-31(44)20-18-30)38-22-24-48-26-25-47-23-9-12-32(45)27-10-6-5-7-11-27/h5-7,10-11,13-20,44H,2-4,8-9,12,21-26H2,1H3,(H,37,46)(H3,38,39,40,41,42,43). The Labute approximate surface area is 281 Å². The van der Waals surface area contributed by atoms with Gasteiger partial charge in [0.2, 0.25) is 17.8 Å². The minimum absolute atomic E-state index is 0.103. The van der Waals surface area contributed by atoms with Gasteiger partial charge in [-0.25, -0.2) is 0 Å². The number of nitrogens with zero attached hydrogens (tertiary/aromatic N) is 3. The first kappa shape index (κ1) is 35.8. The van der Waals surface area contributed by atoms with Gasteiger partial charge >= 0.3 is 0 Å². The molecular formula is C36H45N7O5. The molecule has 0 bridgehead atoms. The highest BCUT2D eigenvalue weighted by molar-refractivity contribution is 5.96. The van der Waals surface area contributed by atoms with E-state index in [1.54, 1.807) is 48.5 Å². The molecule has 3 aromatic carbocycles. The van der Waals surface area contributed by atoms with Crippen molar-refractivity contribution in [3.63, 3.8) is 0 Å². The predicted octanol–water partition coefficient (Wildman–Crippen LogP) is 6.48. The summed E-state index contributed by atoms with van der Waals surface area (Å²) < 4.78 is 11.3. The highest BCUT2D eigenvalue weighted by Crippen LogP contribution is 2.21. The molecule has 1 heterocycles. The Morgan fingerprint density at radius 1 is 0.646 bits per heavy atom. The lowest BCUT2D eigenvalue weighted by molar-refractivity contribution is 0.0497. The molecule has 0 saturated heterocycles. The number of hydrogen-bond acceptors (Lipinski definition) is 11. The van der Waals surface area contributed by atoms with Crippen LogP contribution in [0.15, 0.2) is 78.9 Å². The second-order valence-electron chi connectivity index (χ2n) is 11.0. The molecule has 0 radical (unpaired) electrons. The Balaban J connectivity index is 1.23. The Morgan fingerprint density at radius 2 is 1.27 bits per heavy atom. The van der Waals surface area contributed by atoms with Crippen LogP contribution < -0.4 is 21.3 Å². The molecule has 0 fully saturated rings. The largest absolute Gasteiger partial charge is 0.508 e. The summed E-state index contributed by atoms with van der Waals surface area (Å²) >= 11 is 0. The van der Waals surface area contributed by atoms with Crippen molar-refractivity contribution >= 4 is 40.9 Å². The molecule has 4 aromatic rings. The van der Waals surface area contributed by atoms with Gasteiger partial charge in [0.15, 0.2) is 5.78 Å². The monoisotopic (exact) mass is 655 g/mol. The summed E-state index contributed by atoms with van der Waals surface area (Å²) in [4.78, 5) is 38.1. The van der Waals surface area contributed by atoms with E-state index in [0.717, 1.165) is 24.8 Å². The molecule has 1 aromatic heterocycles. The smallest absolute Gasteiger partial charge is 0.251 e. The van der Waals surface area contributed by atoms with E-state index in [-0.39, 0.29) is 17.4 Å². The first-order chi connectivity index (χ1) is 23.5. The fraction of sp³-hybridized carbons (Fsp3) is 0.361. The third kappa shape index (κ3) is 13.0. The number of amides is 1. The molecule has 48 heavy (non-hydrogen) atoms. The van der Waals surface area contributed by atoms with Crippen LogP contribution in [0.25, 0.3) is 0 Å². The molecule has 0 spiro atoms. The van der Waals surface area contributed by atoms with Crippen LogP contribution >= 0.6 is 0 Å². The van der Waals surface area contributed by atoms with Crippen molar-refractivity contribution in [1.82, 2.24) is 20.3 Å². The van der Waals surface area contributed by atoms with E-state index in [0.29, 0.717) is 87.1 Å². The Morgan fingerprint density at radius 3 is 1.94 bits per heavy atom. The van der Waals surface area contributed by atoms with Crippen LogP contribution in [0.2, 0.25) is 0 Å². The maximum absolute atomic E-state index is 12.5. The Hall–Kier alpha value is -5.07. The number of hydrogen-bond donors (Lipinski definition) is 5. The normalized spacial score (nSPS) is 10.8. The number of rotatable bonds is 22. The molecule has 0 unspecified atom stereocenters. The van der Waals surface area contributed by atoms with Crippen molar-refractivity contribution < 1.29 is 24.2 Å². The number of phenols is 1. The van der Waals surface area contributed by atoms with Crippen LogP contribution in [-0.4, -0.2) is 71.3 Å². The van der Waals surface area contributed by atoms with Crippen LogP contribution in [0.3, 0.4) is 0 Å². The Kier molecular flexibility index (Phi) is 15.1. The summed E-state index contributed by atoms with van der Waals surface area (Å²) in [7, 11) is 0. The van der Waals surface area contributed by atoms with Crippen molar-refractivity contribution in [2.75, 3.05) is 55.5 Å². The molecule has 5 N–H and O–H groups in total. The number of phenolic OH excluding ortho intramolecular Hbond substituents is 1. The first-order valence-electron chi connectivity index (χ1n) is 16.4. The van der Waals surface area contributed by atoms with E-state index in [4.69, 9.17) is 9.47 Å². The van der Waals surface area contributed by atoms with Gasteiger partial charge < -0.3 is 35.8 Å². The second kappa shape index (κ2) is 20.2. The second-order valence-corrected chi connectivity index (χ2v) is 11.0. The van der Waals surface area contributed by atoms with Crippen LogP contribution in [-0.2, 0) is 9.47 Å². The van der Waals surface area contributed by atoms with Crippen LogP contribution in [0, 0.1) is 0 Å². The van der Waals surface area contributed by atoms with Crippen LogP contribution in [0.4, 0.5) is 29.2 Å². The number of carbonyl (C=O) groups excluding carboxylic acids is 2. The summed E-state index contributed by atoms with van der Waals surface area (Å²) in [5, 5.41) is 22.1. The summed E-state index contributed by atoms with van der Waals surface area (Å²) in [6.07, 6.45) is 5.50. The third-order valence-corrected chi connectivity index (χ3v) is 7.17. The number of Topliss-reactive ketones (excluding diaryl/α,β-unsaturated/α-hetero) is 1. The minimum atomic E-state index is -0.103. The number of aromatic nitrogens is 3. The van der Waals surface area contributed by atoms with E-state index in [1.165, 1.54) is 6.42 Å². The molecule has 1 amide bonds. The van der Waals surface area contributed by atoms with E-state index >= 15 is 0 Å². The number of anilines is 5. The zero-order chi connectivity index (χ0) is 33.8. The lowest BCUT2D eigenvalue weighted by atomic mass is 10.1. The third-order valence-electron chi connectivity index (χ3n) is 7.17. The van der Waals surface area contributed by atoms with E-state index in [9.17, 15) is 14.7 Å². The fourth-order valence-electron chi connectivity index (χ4n) is 4.59.